The fourth-order valence-corrected chi connectivity index (χ4v) is 2.72. The fraction of sp³-hybridized carbons (Fsp3) is 0.385. The average Bonchev–Trinajstić information content (AvgIpc) is 2.40. The molecule has 1 unspecified atom stereocenters. The molecule has 0 saturated carbocycles. The fourth-order valence-electron chi connectivity index (χ4n) is 1.69. The number of carbonyl (C=O) groups is 2. The van der Waals surface area contributed by atoms with Gasteiger partial charge in [0.25, 0.3) is 5.91 Å². The summed E-state index contributed by atoms with van der Waals surface area (Å²) >= 11 is 13.9. The zero-order chi connectivity index (χ0) is 15.4. The number of methoxy groups -OCH3 is 1. The number of carbonyl (C=O) groups excluding carboxylic acids is 2. The van der Waals surface area contributed by atoms with Crippen LogP contribution >= 0.6 is 45.8 Å². The Bertz CT molecular complexity index is 537. The van der Waals surface area contributed by atoms with Gasteiger partial charge in [0.2, 0.25) is 0 Å². The van der Waals surface area contributed by atoms with Crippen LogP contribution < -0.4 is 0 Å². The molecule has 0 heterocycles. The van der Waals surface area contributed by atoms with Gasteiger partial charge in [0.15, 0.2) is 0 Å². The summed E-state index contributed by atoms with van der Waals surface area (Å²) in [6.07, 6.45) is 0. The van der Waals surface area contributed by atoms with E-state index in [0.717, 1.165) is 0 Å². The van der Waals surface area contributed by atoms with E-state index in [-0.39, 0.29) is 18.4 Å². The van der Waals surface area contributed by atoms with Crippen LogP contribution in [0.15, 0.2) is 12.1 Å². The van der Waals surface area contributed by atoms with E-state index in [0.29, 0.717) is 19.2 Å². The van der Waals surface area contributed by atoms with Crippen molar-refractivity contribution in [1.82, 2.24) is 4.90 Å². The number of amides is 1. The zero-order valence-corrected chi connectivity index (χ0v) is 14.9. The van der Waals surface area contributed by atoms with Crippen LogP contribution in [-0.4, -0.2) is 37.5 Å². The van der Waals surface area contributed by atoms with Gasteiger partial charge in [-0.2, -0.15) is 0 Å². The quantitative estimate of drug-likeness (QED) is 0.418. The standard InChI is InChI=1S/C13H14Cl2INO3/c1-7(13(19)20-3)6-17(2)12(18)9-4-8(14)5-10(15)11(9)16/h4-5,7H,6H2,1-3H3. The number of esters is 1. The second-order valence-corrected chi connectivity index (χ2v) is 6.28. The summed E-state index contributed by atoms with van der Waals surface area (Å²) in [7, 11) is 2.94. The lowest BCUT2D eigenvalue weighted by atomic mass is 10.1. The van der Waals surface area contributed by atoms with Gasteiger partial charge >= 0.3 is 5.97 Å². The van der Waals surface area contributed by atoms with E-state index in [9.17, 15) is 9.59 Å². The molecular formula is C13H14Cl2INO3. The molecule has 0 aliphatic carbocycles. The number of benzene rings is 1. The third-order valence-corrected chi connectivity index (χ3v) is 4.72. The second-order valence-electron chi connectivity index (χ2n) is 4.36. The lowest BCUT2D eigenvalue weighted by molar-refractivity contribution is -0.145. The van der Waals surface area contributed by atoms with Crippen LogP contribution in [0.3, 0.4) is 0 Å². The molecular weight excluding hydrogens is 416 g/mol. The first-order valence-corrected chi connectivity index (χ1v) is 7.59. The number of halogens is 3. The Morgan fingerprint density at radius 2 is 2.00 bits per heavy atom. The maximum Gasteiger partial charge on any atom is 0.310 e. The van der Waals surface area contributed by atoms with Crippen molar-refractivity contribution >= 4 is 57.7 Å². The predicted molar refractivity (Wildman–Crippen MR) is 87.3 cm³/mol. The van der Waals surface area contributed by atoms with E-state index in [2.05, 4.69) is 4.74 Å². The molecule has 1 atom stereocenters. The molecule has 1 aromatic carbocycles. The summed E-state index contributed by atoms with van der Waals surface area (Å²) in [6.45, 7) is 1.96. The van der Waals surface area contributed by atoms with Crippen molar-refractivity contribution in [2.75, 3.05) is 20.7 Å². The molecule has 0 aliphatic rings. The molecule has 0 spiro atoms. The van der Waals surface area contributed by atoms with Crippen LogP contribution in [0.4, 0.5) is 0 Å². The Morgan fingerprint density at radius 3 is 2.55 bits per heavy atom. The van der Waals surface area contributed by atoms with Crippen LogP contribution in [0, 0.1) is 9.49 Å². The molecule has 0 aromatic heterocycles. The molecule has 7 heteroatoms. The first-order chi connectivity index (χ1) is 9.27. The Labute approximate surface area is 141 Å². The maximum atomic E-state index is 12.4. The third kappa shape index (κ3) is 4.23. The van der Waals surface area contributed by atoms with Gasteiger partial charge in [-0.15, -0.1) is 0 Å². The van der Waals surface area contributed by atoms with Crippen LogP contribution in [0.25, 0.3) is 0 Å². The first-order valence-electron chi connectivity index (χ1n) is 5.75. The summed E-state index contributed by atoms with van der Waals surface area (Å²) in [5, 5.41) is 0.823. The van der Waals surface area contributed by atoms with Crippen molar-refractivity contribution in [3.05, 3.63) is 31.3 Å². The van der Waals surface area contributed by atoms with Crippen molar-refractivity contribution in [2.24, 2.45) is 5.92 Å². The van der Waals surface area contributed by atoms with Crippen molar-refractivity contribution in [3.8, 4) is 0 Å². The Morgan fingerprint density at radius 1 is 1.40 bits per heavy atom. The Kier molecular flexibility index (Phi) is 6.54. The van der Waals surface area contributed by atoms with Gasteiger partial charge in [-0.3, -0.25) is 9.59 Å². The molecule has 20 heavy (non-hydrogen) atoms. The van der Waals surface area contributed by atoms with E-state index in [1.807, 2.05) is 22.6 Å². The minimum Gasteiger partial charge on any atom is -0.469 e. The highest BCUT2D eigenvalue weighted by Gasteiger charge is 2.22. The van der Waals surface area contributed by atoms with E-state index >= 15 is 0 Å². The Balaban J connectivity index is 2.93. The van der Waals surface area contributed by atoms with E-state index in [1.165, 1.54) is 12.0 Å². The van der Waals surface area contributed by atoms with E-state index in [4.69, 9.17) is 23.2 Å². The molecule has 0 aliphatic heterocycles. The van der Waals surface area contributed by atoms with E-state index in [1.54, 1.807) is 26.1 Å². The smallest absolute Gasteiger partial charge is 0.310 e. The molecule has 4 nitrogen and oxygen atoms in total. The van der Waals surface area contributed by atoms with Gasteiger partial charge < -0.3 is 9.64 Å². The molecule has 0 radical (unpaired) electrons. The second kappa shape index (κ2) is 7.47. The van der Waals surface area contributed by atoms with Gasteiger partial charge in [-0.05, 0) is 34.7 Å². The van der Waals surface area contributed by atoms with Crippen LogP contribution in [0.2, 0.25) is 10.0 Å². The van der Waals surface area contributed by atoms with Crippen molar-refractivity contribution in [3.63, 3.8) is 0 Å². The van der Waals surface area contributed by atoms with Crippen LogP contribution in [-0.2, 0) is 9.53 Å². The van der Waals surface area contributed by atoms with E-state index < -0.39 is 5.92 Å². The number of hydrogen-bond donors (Lipinski definition) is 0. The first kappa shape index (κ1) is 17.5. The van der Waals surface area contributed by atoms with Crippen LogP contribution in [0.5, 0.6) is 0 Å². The number of nitrogens with zero attached hydrogens (tertiary/aromatic N) is 1. The van der Waals surface area contributed by atoms with Crippen molar-refractivity contribution in [2.45, 2.75) is 6.92 Å². The highest BCUT2D eigenvalue weighted by Crippen LogP contribution is 2.27. The summed E-state index contributed by atoms with van der Waals surface area (Å²) < 4.78 is 5.28. The molecule has 0 saturated heterocycles. The molecule has 1 rings (SSSR count). The number of rotatable bonds is 4. The Hall–Kier alpha value is -0.530. The normalized spacial score (nSPS) is 11.9. The number of hydrogen-bond acceptors (Lipinski definition) is 3. The lowest BCUT2D eigenvalue weighted by Gasteiger charge is -2.21. The highest BCUT2D eigenvalue weighted by molar-refractivity contribution is 14.1. The lowest BCUT2D eigenvalue weighted by Crippen LogP contribution is -2.34. The van der Waals surface area contributed by atoms with Crippen molar-refractivity contribution in [1.29, 1.82) is 0 Å². The highest BCUT2D eigenvalue weighted by atomic mass is 127. The summed E-state index contributed by atoms with van der Waals surface area (Å²) in [5.41, 5.74) is 0.419. The molecule has 110 valence electrons. The summed E-state index contributed by atoms with van der Waals surface area (Å²) in [5.74, 6) is -1.00. The summed E-state index contributed by atoms with van der Waals surface area (Å²) in [6, 6.07) is 3.15. The monoisotopic (exact) mass is 429 g/mol. The zero-order valence-electron chi connectivity index (χ0n) is 11.2. The SMILES string of the molecule is COC(=O)C(C)CN(C)C(=O)c1cc(Cl)cc(Cl)c1I. The van der Waals surface area contributed by atoms with Gasteiger partial charge in [0.05, 0.1) is 23.6 Å². The minimum absolute atomic E-state index is 0.241. The topological polar surface area (TPSA) is 46.6 Å². The predicted octanol–water partition coefficient (Wildman–Crippen LogP) is 3.48. The molecule has 0 N–H and O–H groups in total. The van der Waals surface area contributed by atoms with Gasteiger partial charge in [0, 0.05) is 22.2 Å². The molecule has 1 aromatic rings. The molecule has 0 bridgehead atoms. The van der Waals surface area contributed by atoms with Crippen molar-refractivity contribution < 1.29 is 14.3 Å². The van der Waals surface area contributed by atoms with Gasteiger partial charge in [0.1, 0.15) is 0 Å². The minimum atomic E-state index is -0.402. The maximum absolute atomic E-state index is 12.4. The largest absolute Gasteiger partial charge is 0.469 e. The molecule has 1 amide bonds. The van der Waals surface area contributed by atoms with Gasteiger partial charge in [-0.1, -0.05) is 30.1 Å². The average molecular weight is 430 g/mol. The summed E-state index contributed by atoms with van der Waals surface area (Å²) in [4.78, 5) is 25.2. The molecule has 0 fully saturated rings. The number of ether oxygens (including phenoxy) is 1. The third-order valence-electron chi connectivity index (χ3n) is 2.72. The van der Waals surface area contributed by atoms with Gasteiger partial charge in [-0.25, -0.2) is 0 Å². The van der Waals surface area contributed by atoms with Crippen LogP contribution in [0.1, 0.15) is 17.3 Å².